The van der Waals surface area contributed by atoms with Gasteiger partial charge in [0.2, 0.25) is 0 Å². The van der Waals surface area contributed by atoms with Gasteiger partial charge in [-0.25, -0.2) is 0 Å². The Balaban J connectivity index is 2.35. The summed E-state index contributed by atoms with van der Waals surface area (Å²) in [5.41, 5.74) is 4.11. The molecule has 2 rings (SSSR count). The van der Waals surface area contributed by atoms with Gasteiger partial charge in [-0.3, -0.25) is 0 Å². The van der Waals surface area contributed by atoms with Crippen molar-refractivity contribution in [3.63, 3.8) is 0 Å². The minimum absolute atomic E-state index is 0.515. The van der Waals surface area contributed by atoms with Crippen molar-refractivity contribution in [2.24, 2.45) is 0 Å². The molecule has 0 bridgehead atoms. The van der Waals surface area contributed by atoms with Gasteiger partial charge >= 0.3 is 0 Å². The van der Waals surface area contributed by atoms with Crippen LogP contribution in [-0.4, -0.2) is 12.2 Å². The molecule has 1 N–H and O–H groups in total. The lowest BCUT2D eigenvalue weighted by Gasteiger charge is -2.16. The van der Waals surface area contributed by atoms with Crippen LogP contribution in [0.2, 0.25) is 0 Å². The van der Waals surface area contributed by atoms with Crippen molar-refractivity contribution in [2.75, 3.05) is 7.11 Å². The first-order valence-electron chi connectivity index (χ1n) is 6.60. The Morgan fingerprint density at radius 3 is 2.63 bits per heavy atom. The molecule has 0 aliphatic heterocycles. The summed E-state index contributed by atoms with van der Waals surface area (Å²) in [5.74, 6) is 0. The highest BCUT2D eigenvalue weighted by Crippen LogP contribution is 2.26. The zero-order valence-corrected chi connectivity index (χ0v) is 11.5. The quantitative estimate of drug-likeness (QED) is 0.887. The Kier molecular flexibility index (Phi) is 4.72. The SMILES string of the molecule is CCc1cccc(C(O)c2ccccc2COC)c1. The molecule has 2 nitrogen and oxygen atoms in total. The van der Waals surface area contributed by atoms with E-state index in [2.05, 4.69) is 19.1 Å². The molecule has 0 aromatic heterocycles. The van der Waals surface area contributed by atoms with Gasteiger partial charge in [-0.2, -0.15) is 0 Å². The van der Waals surface area contributed by atoms with E-state index in [0.717, 1.165) is 23.1 Å². The highest BCUT2D eigenvalue weighted by atomic mass is 16.5. The van der Waals surface area contributed by atoms with E-state index in [1.54, 1.807) is 7.11 Å². The lowest BCUT2D eigenvalue weighted by atomic mass is 9.95. The van der Waals surface area contributed by atoms with Crippen LogP contribution in [0.1, 0.15) is 35.3 Å². The molecule has 0 fully saturated rings. The van der Waals surface area contributed by atoms with Gasteiger partial charge in [0, 0.05) is 7.11 Å². The fourth-order valence-electron chi connectivity index (χ4n) is 2.25. The number of ether oxygens (including phenoxy) is 1. The van der Waals surface area contributed by atoms with Crippen molar-refractivity contribution in [2.45, 2.75) is 26.1 Å². The number of aliphatic hydroxyl groups is 1. The maximum Gasteiger partial charge on any atom is 0.104 e. The van der Waals surface area contributed by atoms with Crippen LogP contribution in [0.25, 0.3) is 0 Å². The molecule has 1 unspecified atom stereocenters. The van der Waals surface area contributed by atoms with E-state index >= 15 is 0 Å². The number of rotatable bonds is 5. The molecule has 0 radical (unpaired) electrons. The second kappa shape index (κ2) is 6.50. The minimum atomic E-state index is -0.599. The molecule has 2 aromatic carbocycles. The highest BCUT2D eigenvalue weighted by molar-refractivity contribution is 5.37. The van der Waals surface area contributed by atoms with Crippen LogP contribution in [-0.2, 0) is 17.8 Å². The highest BCUT2D eigenvalue weighted by Gasteiger charge is 2.14. The van der Waals surface area contributed by atoms with E-state index in [4.69, 9.17) is 4.74 Å². The Morgan fingerprint density at radius 2 is 1.89 bits per heavy atom. The summed E-state index contributed by atoms with van der Waals surface area (Å²) < 4.78 is 5.19. The van der Waals surface area contributed by atoms with Crippen molar-refractivity contribution in [3.8, 4) is 0 Å². The summed E-state index contributed by atoms with van der Waals surface area (Å²) in [6, 6.07) is 16.0. The largest absolute Gasteiger partial charge is 0.384 e. The molecule has 0 saturated heterocycles. The molecule has 100 valence electrons. The number of methoxy groups -OCH3 is 1. The van der Waals surface area contributed by atoms with Crippen LogP contribution in [0.4, 0.5) is 0 Å². The zero-order valence-electron chi connectivity index (χ0n) is 11.5. The smallest absolute Gasteiger partial charge is 0.104 e. The fourth-order valence-corrected chi connectivity index (χ4v) is 2.25. The van der Waals surface area contributed by atoms with Crippen molar-refractivity contribution in [3.05, 3.63) is 70.8 Å². The van der Waals surface area contributed by atoms with Crippen molar-refractivity contribution >= 4 is 0 Å². The molecule has 1 atom stereocenters. The molecule has 0 heterocycles. The number of hydrogen-bond acceptors (Lipinski definition) is 2. The second-order valence-corrected chi connectivity index (χ2v) is 4.63. The summed E-state index contributed by atoms with van der Waals surface area (Å²) in [5, 5.41) is 10.6. The van der Waals surface area contributed by atoms with Crippen LogP contribution in [0.15, 0.2) is 48.5 Å². The fraction of sp³-hybridized carbons (Fsp3) is 0.294. The normalized spacial score (nSPS) is 12.4. The first kappa shape index (κ1) is 13.8. The third-order valence-corrected chi connectivity index (χ3v) is 3.32. The average Bonchev–Trinajstić information content (AvgIpc) is 2.47. The predicted molar refractivity (Wildman–Crippen MR) is 77.0 cm³/mol. The van der Waals surface area contributed by atoms with Gasteiger partial charge in [0.05, 0.1) is 6.61 Å². The molecular weight excluding hydrogens is 236 g/mol. The van der Waals surface area contributed by atoms with E-state index < -0.39 is 6.10 Å². The van der Waals surface area contributed by atoms with Crippen LogP contribution >= 0.6 is 0 Å². The molecule has 0 spiro atoms. The lowest BCUT2D eigenvalue weighted by Crippen LogP contribution is -2.05. The first-order valence-corrected chi connectivity index (χ1v) is 6.60. The van der Waals surface area contributed by atoms with Gasteiger partial charge in [-0.05, 0) is 28.7 Å². The molecular formula is C17H20O2. The lowest BCUT2D eigenvalue weighted by molar-refractivity contribution is 0.176. The average molecular weight is 256 g/mol. The van der Waals surface area contributed by atoms with Gasteiger partial charge in [0.1, 0.15) is 6.10 Å². The topological polar surface area (TPSA) is 29.5 Å². The summed E-state index contributed by atoms with van der Waals surface area (Å²) in [4.78, 5) is 0. The molecule has 0 aliphatic rings. The monoisotopic (exact) mass is 256 g/mol. The standard InChI is InChI=1S/C17H20O2/c1-3-13-7-6-9-14(11-13)17(18)16-10-5-4-8-15(16)12-19-2/h4-11,17-18H,3,12H2,1-2H3. The van der Waals surface area contributed by atoms with Gasteiger partial charge in [0.15, 0.2) is 0 Å². The van der Waals surface area contributed by atoms with Gasteiger partial charge in [-0.1, -0.05) is 55.5 Å². The first-order chi connectivity index (χ1) is 9.26. The number of benzene rings is 2. The van der Waals surface area contributed by atoms with E-state index in [-0.39, 0.29) is 0 Å². The molecule has 0 saturated carbocycles. The minimum Gasteiger partial charge on any atom is -0.384 e. The summed E-state index contributed by atoms with van der Waals surface area (Å²) in [6.07, 6.45) is 0.373. The Morgan fingerprint density at radius 1 is 1.11 bits per heavy atom. The van der Waals surface area contributed by atoms with Gasteiger partial charge < -0.3 is 9.84 Å². The van der Waals surface area contributed by atoms with E-state index in [0.29, 0.717) is 6.61 Å². The van der Waals surface area contributed by atoms with Crippen LogP contribution in [0, 0.1) is 0 Å². The summed E-state index contributed by atoms with van der Waals surface area (Å²) in [7, 11) is 1.67. The third-order valence-electron chi connectivity index (χ3n) is 3.32. The number of hydrogen-bond donors (Lipinski definition) is 1. The summed E-state index contributed by atoms with van der Waals surface area (Å²) in [6.45, 7) is 2.63. The second-order valence-electron chi connectivity index (χ2n) is 4.63. The molecule has 0 aliphatic carbocycles. The van der Waals surface area contributed by atoms with Crippen LogP contribution < -0.4 is 0 Å². The van der Waals surface area contributed by atoms with Gasteiger partial charge in [0.25, 0.3) is 0 Å². The molecule has 2 aromatic rings. The van der Waals surface area contributed by atoms with Gasteiger partial charge in [-0.15, -0.1) is 0 Å². The van der Waals surface area contributed by atoms with Crippen LogP contribution in [0.5, 0.6) is 0 Å². The van der Waals surface area contributed by atoms with Crippen molar-refractivity contribution in [1.29, 1.82) is 0 Å². The molecule has 19 heavy (non-hydrogen) atoms. The number of aliphatic hydroxyl groups excluding tert-OH is 1. The Labute approximate surface area is 114 Å². The Bertz CT molecular complexity index is 534. The van der Waals surface area contributed by atoms with Crippen LogP contribution in [0.3, 0.4) is 0 Å². The van der Waals surface area contributed by atoms with Crippen molar-refractivity contribution in [1.82, 2.24) is 0 Å². The maximum atomic E-state index is 10.6. The maximum absolute atomic E-state index is 10.6. The number of aryl methyl sites for hydroxylation is 1. The van der Waals surface area contributed by atoms with E-state index in [9.17, 15) is 5.11 Å². The summed E-state index contributed by atoms with van der Waals surface area (Å²) >= 11 is 0. The zero-order chi connectivity index (χ0) is 13.7. The predicted octanol–water partition coefficient (Wildman–Crippen LogP) is 3.48. The van der Waals surface area contributed by atoms with Crippen molar-refractivity contribution < 1.29 is 9.84 Å². The van der Waals surface area contributed by atoms with E-state index in [1.165, 1.54) is 5.56 Å². The molecule has 0 amide bonds. The third kappa shape index (κ3) is 3.22. The van der Waals surface area contributed by atoms with E-state index in [1.807, 2.05) is 36.4 Å². The Hall–Kier alpha value is -1.64. The molecule has 2 heteroatoms.